The molecule has 0 spiro atoms. The van der Waals surface area contributed by atoms with Crippen molar-refractivity contribution in [2.75, 3.05) is 0 Å². The maximum Gasteiger partial charge on any atom is 0.140 e. The number of hydrogen-bond acceptors (Lipinski definition) is 5. The van der Waals surface area contributed by atoms with Gasteiger partial charge in [-0.05, 0) is 25.7 Å². The average molecular weight is 327 g/mol. The molecule has 1 saturated carbocycles. The Labute approximate surface area is 133 Å². The third-order valence-corrected chi connectivity index (χ3v) is 5.15. The predicted octanol–water partition coefficient (Wildman–Crippen LogP) is 2.45. The fourth-order valence-electron chi connectivity index (χ4n) is 3.05. The smallest absolute Gasteiger partial charge is 0.140 e. The molecule has 2 N–H and O–H groups in total. The summed E-state index contributed by atoms with van der Waals surface area (Å²) in [4.78, 5) is 8.57. The van der Waals surface area contributed by atoms with E-state index in [1.807, 2.05) is 17.8 Å². The van der Waals surface area contributed by atoms with Gasteiger partial charge >= 0.3 is 0 Å². The van der Waals surface area contributed by atoms with Gasteiger partial charge in [0, 0.05) is 32.0 Å². The quantitative estimate of drug-likeness (QED) is 0.906. The van der Waals surface area contributed by atoms with Crippen LogP contribution in [0.1, 0.15) is 36.5 Å². The standard InChI is InChI=1S/C14H19ClN4OS/c1-19-6-5-16-13(19)14(20)4-2-3-10(7-14)17-9-12-18-8-11(15)21-12/h5-6,8,10,17,20H,2-4,7,9H2,1H3/t10-,14+/m0/s1. The van der Waals surface area contributed by atoms with Gasteiger partial charge in [0.25, 0.3) is 0 Å². The number of hydrogen-bond donors (Lipinski definition) is 2. The van der Waals surface area contributed by atoms with Gasteiger partial charge in [-0.2, -0.15) is 0 Å². The topological polar surface area (TPSA) is 63.0 Å². The molecule has 0 aromatic carbocycles. The zero-order chi connectivity index (χ0) is 14.9. The van der Waals surface area contributed by atoms with E-state index in [0.717, 1.165) is 30.1 Å². The number of nitrogens with one attached hydrogen (secondary N) is 1. The second kappa shape index (κ2) is 6.04. The third-order valence-electron chi connectivity index (χ3n) is 4.03. The Bertz CT molecular complexity index is 614. The molecule has 1 aliphatic rings. The van der Waals surface area contributed by atoms with Crippen LogP contribution in [-0.4, -0.2) is 25.7 Å². The summed E-state index contributed by atoms with van der Waals surface area (Å²) in [6.07, 6.45) is 8.78. The summed E-state index contributed by atoms with van der Waals surface area (Å²) in [6.45, 7) is 0.693. The Morgan fingerprint density at radius 1 is 1.57 bits per heavy atom. The van der Waals surface area contributed by atoms with Gasteiger partial charge in [-0.25, -0.2) is 9.97 Å². The monoisotopic (exact) mass is 326 g/mol. The largest absolute Gasteiger partial charge is 0.382 e. The van der Waals surface area contributed by atoms with Crippen molar-refractivity contribution >= 4 is 22.9 Å². The SMILES string of the molecule is Cn1ccnc1[C@@]1(O)CCC[C@H](NCc2ncc(Cl)s2)C1. The second-order valence-electron chi connectivity index (χ2n) is 5.63. The molecular formula is C14H19ClN4OS. The molecule has 1 aliphatic carbocycles. The highest BCUT2D eigenvalue weighted by Crippen LogP contribution is 2.36. The Morgan fingerprint density at radius 3 is 3.10 bits per heavy atom. The van der Waals surface area contributed by atoms with Crippen molar-refractivity contribution in [1.82, 2.24) is 19.9 Å². The normalized spacial score (nSPS) is 26.1. The molecule has 7 heteroatoms. The second-order valence-corrected chi connectivity index (χ2v) is 7.37. The zero-order valence-corrected chi connectivity index (χ0v) is 13.5. The fraction of sp³-hybridized carbons (Fsp3) is 0.571. The Hall–Kier alpha value is -0.950. The first-order valence-corrected chi connectivity index (χ1v) is 8.30. The van der Waals surface area contributed by atoms with E-state index in [1.54, 1.807) is 12.4 Å². The summed E-state index contributed by atoms with van der Waals surface area (Å²) in [7, 11) is 1.93. The molecule has 0 unspecified atom stereocenters. The molecule has 2 atom stereocenters. The van der Waals surface area contributed by atoms with E-state index in [2.05, 4.69) is 15.3 Å². The van der Waals surface area contributed by atoms with Gasteiger partial charge in [0.2, 0.25) is 0 Å². The van der Waals surface area contributed by atoms with Gasteiger partial charge in [-0.3, -0.25) is 0 Å². The van der Waals surface area contributed by atoms with Crippen molar-refractivity contribution in [3.8, 4) is 0 Å². The van der Waals surface area contributed by atoms with Crippen molar-refractivity contribution in [2.24, 2.45) is 7.05 Å². The molecule has 114 valence electrons. The minimum atomic E-state index is -0.839. The van der Waals surface area contributed by atoms with Crippen LogP contribution in [0, 0.1) is 0 Å². The highest BCUT2D eigenvalue weighted by molar-refractivity contribution is 7.15. The minimum absolute atomic E-state index is 0.267. The molecule has 0 radical (unpaired) electrons. The van der Waals surface area contributed by atoms with Crippen molar-refractivity contribution < 1.29 is 5.11 Å². The summed E-state index contributed by atoms with van der Waals surface area (Å²) in [5.41, 5.74) is -0.839. The highest BCUT2D eigenvalue weighted by Gasteiger charge is 2.38. The van der Waals surface area contributed by atoms with Gasteiger partial charge in [0.1, 0.15) is 20.8 Å². The number of thiazole rings is 1. The molecule has 0 bridgehead atoms. The zero-order valence-electron chi connectivity index (χ0n) is 11.9. The highest BCUT2D eigenvalue weighted by atomic mass is 35.5. The van der Waals surface area contributed by atoms with Crippen LogP contribution in [-0.2, 0) is 19.2 Å². The Morgan fingerprint density at radius 2 is 2.43 bits per heavy atom. The van der Waals surface area contributed by atoms with Gasteiger partial charge in [-0.1, -0.05) is 11.6 Å². The van der Waals surface area contributed by atoms with E-state index in [1.165, 1.54) is 11.3 Å². The number of aliphatic hydroxyl groups is 1. The lowest BCUT2D eigenvalue weighted by Crippen LogP contribution is -2.43. The first-order valence-electron chi connectivity index (χ1n) is 7.10. The van der Waals surface area contributed by atoms with Gasteiger partial charge in [0.05, 0.1) is 6.20 Å². The van der Waals surface area contributed by atoms with Crippen LogP contribution < -0.4 is 5.32 Å². The predicted molar refractivity (Wildman–Crippen MR) is 83.3 cm³/mol. The Balaban J connectivity index is 1.64. The van der Waals surface area contributed by atoms with Gasteiger partial charge in [-0.15, -0.1) is 11.3 Å². The van der Waals surface area contributed by atoms with E-state index in [9.17, 15) is 5.11 Å². The maximum absolute atomic E-state index is 10.9. The van der Waals surface area contributed by atoms with Crippen LogP contribution >= 0.6 is 22.9 Å². The van der Waals surface area contributed by atoms with Crippen LogP contribution in [0.4, 0.5) is 0 Å². The molecule has 5 nitrogen and oxygen atoms in total. The lowest BCUT2D eigenvalue weighted by molar-refractivity contribution is -0.0225. The van der Waals surface area contributed by atoms with E-state index < -0.39 is 5.60 Å². The molecule has 0 saturated heterocycles. The number of aromatic nitrogens is 3. The van der Waals surface area contributed by atoms with Gasteiger partial charge < -0.3 is 15.0 Å². The molecule has 0 aliphatic heterocycles. The van der Waals surface area contributed by atoms with E-state index in [4.69, 9.17) is 11.6 Å². The summed E-state index contributed by atoms with van der Waals surface area (Å²) in [5.74, 6) is 0.756. The van der Waals surface area contributed by atoms with Crippen LogP contribution in [0.5, 0.6) is 0 Å². The third kappa shape index (κ3) is 3.29. The average Bonchev–Trinajstić information content (AvgIpc) is 3.05. The molecule has 2 aromatic rings. The fourth-order valence-corrected chi connectivity index (χ4v) is 3.95. The number of aryl methyl sites for hydroxylation is 1. The molecule has 0 amide bonds. The van der Waals surface area contributed by atoms with E-state index in [-0.39, 0.29) is 6.04 Å². The number of imidazole rings is 1. The minimum Gasteiger partial charge on any atom is -0.382 e. The summed E-state index contributed by atoms with van der Waals surface area (Å²) in [5, 5.41) is 15.4. The lowest BCUT2D eigenvalue weighted by atomic mass is 9.81. The van der Waals surface area contributed by atoms with Crippen molar-refractivity contribution in [2.45, 2.75) is 43.9 Å². The molecule has 21 heavy (non-hydrogen) atoms. The lowest BCUT2D eigenvalue weighted by Gasteiger charge is -2.36. The van der Waals surface area contributed by atoms with Crippen molar-refractivity contribution in [3.05, 3.63) is 33.8 Å². The summed E-state index contributed by atoms with van der Waals surface area (Å²) >= 11 is 7.38. The van der Waals surface area contributed by atoms with Gasteiger partial charge in [0.15, 0.2) is 0 Å². The van der Waals surface area contributed by atoms with Crippen molar-refractivity contribution in [3.63, 3.8) is 0 Å². The first kappa shape index (κ1) is 15.0. The van der Waals surface area contributed by atoms with Crippen LogP contribution in [0.15, 0.2) is 18.6 Å². The van der Waals surface area contributed by atoms with Crippen LogP contribution in [0.2, 0.25) is 4.34 Å². The van der Waals surface area contributed by atoms with E-state index >= 15 is 0 Å². The summed E-state index contributed by atoms with van der Waals surface area (Å²) < 4.78 is 2.61. The first-order chi connectivity index (χ1) is 10.1. The Kier molecular flexibility index (Phi) is 4.31. The number of rotatable bonds is 4. The molecule has 2 heterocycles. The summed E-state index contributed by atoms with van der Waals surface area (Å²) in [6, 6.07) is 0.267. The van der Waals surface area contributed by atoms with Crippen LogP contribution in [0.3, 0.4) is 0 Å². The number of nitrogens with zero attached hydrogens (tertiary/aromatic N) is 3. The van der Waals surface area contributed by atoms with E-state index in [0.29, 0.717) is 17.3 Å². The maximum atomic E-state index is 10.9. The molecule has 1 fully saturated rings. The molecule has 3 rings (SSSR count). The molecule has 2 aromatic heterocycles. The number of halogens is 1. The van der Waals surface area contributed by atoms with Crippen molar-refractivity contribution in [1.29, 1.82) is 0 Å². The van der Waals surface area contributed by atoms with Crippen LogP contribution in [0.25, 0.3) is 0 Å². The molecular weight excluding hydrogens is 308 g/mol.